The molecule has 0 heterocycles. The van der Waals surface area contributed by atoms with Crippen LogP contribution in [0.5, 0.6) is 0 Å². The molecule has 0 aliphatic heterocycles. The zero-order valence-electron chi connectivity index (χ0n) is 17.0. The highest BCUT2D eigenvalue weighted by molar-refractivity contribution is 7.88. The van der Waals surface area contributed by atoms with Crippen molar-refractivity contribution in [2.75, 3.05) is 12.8 Å². The van der Waals surface area contributed by atoms with Crippen LogP contribution in [0, 0.1) is 5.41 Å². The molecular weight excluding hydrogens is 386 g/mol. The van der Waals surface area contributed by atoms with Crippen LogP contribution in [0.15, 0.2) is 60.7 Å². The van der Waals surface area contributed by atoms with Gasteiger partial charge in [-0.3, -0.25) is 0 Å². The first-order valence-electron chi connectivity index (χ1n) is 9.86. The van der Waals surface area contributed by atoms with E-state index >= 15 is 0 Å². The van der Waals surface area contributed by atoms with Crippen molar-refractivity contribution in [3.05, 3.63) is 60.7 Å². The van der Waals surface area contributed by atoms with Crippen molar-refractivity contribution in [1.29, 1.82) is 0 Å². The van der Waals surface area contributed by atoms with Crippen LogP contribution in [0.25, 0.3) is 0 Å². The van der Waals surface area contributed by atoms with Crippen molar-refractivity contribution < 1.29 is 13.2 Å². The molecule has 0 unspecified atom stereocenters. The molecule has 0 atom stereocenters. The number of hydrogen-bond acceptors (Lipinski definition) is 3. The molecule has 0 saturated heterocycles. The van der Waals surface area contributed by atoms with Crippen LogP contribution < -0.4 is 15.1 Å². The summed E-state index contributed by atoms with van der Waals surface area (Å²) in [5, 5.41) is 1.74. The molecule has 1 fully saturated rings. The predicted octanol–water partition coefficient (Wildman–Crippen LogP) is 2.63. The molecule has 1 saturated carbocycles. The molecule has 152 valence electrons. The number of rotatable bonds is 9. The Bertz CT molecular complexity index is 854. The van der Waals surface area contributed by atoms with E-state index < -0.39 is 18.3 Å². The lowest BCUT2D eigenvalue weighted by Gasteiger charge is -2.42. The minimum absolute atomic E-state index is 0.0447. The predicted molar refractivity (Wildman–Crippen MR) is 118 cm³/mol. The number of sulfonamides is 1. The Morgan fingerprint density at radius 2 is 1.46 bits per heavy atom. The smallest absolute Gasteiger partial charge is 0.258 e. The number of nitrogens with one attached hydrogen (secondary N) is 1. The van der Waals surface area contributed by atoms with Crippen molar-refractivity contribution in [3.63, 3.8) is 0 Å². The second-order valence-electron chi connectivity index (χ2n) is 8.92. The van der Waals surface area contributed by atoms with Gasteiger partial charge in [-0.25, -0.2) is 13.1 Å². The molecule has 0 spiro atoms. The van der Waals surface area contributed by atoms with Gasteiger partial charge in [-0.05, 0) is 46.5 Å². The maximum atomic E-state index is 12.2. The van der Waals surface area contributed by atoms with Crippen LogP contribution >= 0.6 is 0 Å². The molecule has 2 aromatic carbocycles. The van der Waals surface area contributed by atoms with Crippen LogP contribution in [0.2, 0.25) is 5.04 Å². The summed E-state index contributed by atoms with van der Waals surface area (Å²) in [6.45, 7) is 4.83. The van der Waals surface area contributed by atoms with E-state index in [9.17, 15) is 13.2 Å². The van der Waals surface area contributed by atoms with E-state index in [1.54, 1.807) is 0 Å². The van der Waals surface area contributed by atoms with Crippen molar-refractivity contribution in [3.8, 4) is 0 Å². The Labute approximate surface area is 170 Å². The molecule has 2 N–H and O–H groups in total. The van der Waals surface area contributed by atoms with E-state index in [2.05, 4.69) is 18.6 Å². The van der Waals surface area contributed by atoms with Gasteiger partial charge in [0.2, 0.25) is 10.0 Å². The lowest BCUT2D eigenvalue weighted by molar-refractivity contribution is 0.382. The zero-order chi connectivity index (χ0) is 20.5. The van der Waals surface area contributed by atoms with E-state index in [1.807, 2.05) is 60.7 Å². The zero-order valence-corrected chi connectivity index (χ0v) is 18.8. The van der Waals surface area contributed by atoms with E-state index in [4.69, 9.17) is 0 Å². The lowest BCUT2D eigenvalue weighted by Crippen LogP contribution is -2.65. The van der Waals surface area contributed by atoms with E-state index in [1.165, 1.54) is 6.26 Å². The van der Waals surface area contributed by atoms with Gasteiger partial charge >= 0.3 is 0 Å². The Morgan fingerprint density at radius 1 is 1.00 bits per heavy atom. The van der Waals surface area contributed by atoms with Crippen LogP contribution in [-0.4, -0.2) is 34.3 Å². The average molecular weight is 418 g/mol. The third-order valence-electron chi connectivity index (χ3n) is 6.31. The van der Waals surface area contributed by atoms with E-state index in [0.717, 1.165) is 36.1 Å². The summed E-state index contributed by atoms with van der Waals surface area (Å²) < 4.78 is 25.7. The fraction of sp³-hybridized carbons (Fsp3) is 0.455. The van der Waals surface area contributed by atoms with Crippen LogP contribution in [-0.2, 0) is 10.0 Å². The Balaban J connectivity index is 1.86. The fourth-order valence-electron chi connectivity index (χ4n) is 4.04. The molecule has 28 heavy (non-hydrogen) atoms. The molecule has 2 aromatic rings. The normalized spacial score (nSPS) is 16.7. The maximum Gasteiger partial charge on any atom is 0.258 e. The Morgan fingerprint density at radius 3 is 1.86 bits per heavy atom. The second-order valence-corrected chi connectivity index (χ2v) is 14.7. The molecular formula is C22H31NO3SSi. The number of benzene rings is 2. The second kappa shape index (κ2) is 7.75. The molecule has 0 amide bonds. The van der Waals surface area contributed by atoms with E-state index in [-0.39, 0.29) is 10.5 Å². The molecule has 4 nitrogen and oxygen atoms in total. The van der Waals surface area contributed by atoms with Gasteiger partial charge in [-0.15, -0.1) is 0 Å². The summed E-state index contributed by atoms with van der Waals surface area (Å²) in [6, 6.07) is 20.1. The standard InChI is InChI=1S/C22H31NO3SSi/c1-21(2,14-15-22(16-17-22)18-23-27(3,24)25)28(26,19-10-6-4-7-11-19)20-12-8-5-9-13-20/h4-13,23,26H,14-18H2,1-3H3. The SMILES string of the molecule is CC(C)(CCC1(CNS(C)(=O)=O)CC1)[Si](O)(c1ccccc1)c1ccccc1. The maximum absolute atomic E-state index is 12.2. The first-order valence-corrected chi connectivity index (χ1v) is 13.7. The summed E-state index contributed by atoms with van der Waals surface area (Å²) in [5.41, 5.74) is 0.0447. The van der Waals surface area contributed by atoms with Gasteiger partial charge in [0, 0.05) is 6.54 Å². The third kappa shape index (κ3) is 4.57. The van der Waals surface area contributed by atoms with E-state index in [0.29, 0.717) is 6.54 Å². The highest BCUT2D eigenvalue weighted by Crippen LogP contribution is 2.53. The Kier molecular flexibility index (Phi) is 5.88. The summed E-state index contributed by atoms with van der Waals surface area (Å²) in [6.07, 6.45) is 5.07. The molecule has 3 rings (SSSR count). The van der Waals surface area contributed by atoms with Crippen LogP contribution in [0.1, 0.15) is 39.5 Å². The highest BCUT2D eigenvalue weighted by Gasteiger charge is 2.52. The highest BCUT2D eigenvalue weighted by atomic mass is 32.2. The minimum Gasteiger partial charge on any atom is -0.424 e. The molecule has 1 aliphatic carbocycles. The van der Waals surface area contributed by atoms with Crippen LogP contribution in [0.4, 0.5) is 0 Å². The van der Waals surface area contributed by atoms with Crippen LogP contribution in [0.3, 0.4) is 0 Å². The quantitative estimate of drug-likeness (QED) is 0.617. The topological polar surface area (TPSA) is 66.4 Å². The van der Waals surface area contributed by atoms with Gasteiger partial charge in [0.05, 0.1) is 6.26 Å². The summed E-state index contributed by atoms with van der Waals surface area (Å²) in [5.74, 6) is 0. The molecule has 6 heteroatoms. The molecule has 0 bridgehead atoms. The summed E-state index contributed by atoms with van der Waals surface area (Å²) >= 11 is 0. The van der Waals surface area contributed by atoms with Gasteiger partial charge in [0.1, 0.15) is 0 Å². The summed E-state index contributed by atoms with van der Waals surface area (Å²) in [7, 11) is -6.18. The molecule has 0 radical (unpaired) electrons. The summed E-state index contributed by atoms with van der Waals surface area (Å²) in [4.78, 5) is 12.2. The van der Waals surface area contributed by atoms with Crippen molar-refractivity contribution in [1.82, 2.24) is 4.72 Å². The minimum atomic E-state index is -3.18. The molecule has 1 aliphatic rings. The lowest BCUT2D eigenvalue weighted by atomic mass is 9.95. The van der Waals surface area contributed by atoms with Gasteiger partial charge in [-0.2, -0.15) is 0 Å². The van der Waals surface area contributed by atoms with Crippen molar-refractivity contribution in [2.24, 2.45) is 5.41 Å². The van der Waals surface area contributed by atoms with Gasteiger partial charge < -0.3 is 4.80 Å². The first-order chi connectivity index (χ1) is 13.1. The van der Waals surface area contributed by atoms with Gasteiger partial charge in [0.25, 0.3) is 8.32 Å². The van der Waals surface area contributed by atoms with Crippen molar-refractivity contribution >= 4 is 28.7 Å². The Hall–Kier alpha value is -1.47. The number of hydrogen-bond donors (Lipinski definition) is 2. The largest absolute Gasteiger partial charge is 0.424 e. The fourth-order valence-corrected chi connectivity index (χ4v) is 8.34. The van der Waals surface area contributed by atoms with Crippen molar-refractivity contribution in [2.45, 2.75) is 44.6 Å². The third-order valence-corrected chi connectivity index (χ3v) is 11.5. The van der Waals surface area contributed by atoms with Gasteiger partial charge in [-0.1, -0.05) is 74.5 Å². The molecule has 0 aromatic heterocycles. The first kappa shape index (κ1) is 21.2. The monoisotopic (exact) mass is 417 g/mol. The van der Waals surface area contributed by atoms with Gasteiger partial charge in [0.15, 0.2) is 0 Å². The average Bonchev–Trinajstić information content (AvgIpc) is 3.46.